The molecular weight excluding hydrogens is 260 g/mol. The third kappa shape index (κ3) is 4.41. The van der Waals surface area contributed by atoms with Crippen molar-refractivity contribution in [2.24, 2.45) is 0 Å². The lowest BCUT2D eigenvalue weighted by Crippen LogP contribution is -2.05. The number of hydrogen-bond donors (Lipinski definition) is 0. The third-order valence-electron chi connectivity index (χ3n) is 2.70. The number of rotatable bonds is 4. The normalized spacial score (nSPS) is 11.3. The molecule has 0 saturated carbocycles. The first-order valence-corrected chi connectivity index (χ1v) is 7.78. The summed E-state index contributed by atoms with van der Waals surface area (Å²) in [7, 11) is -3.45. The summed E-state index contributed by atoms with van der Waals surface area (Å²) in [6, 6.07) is 15.4. The Labute approximate surface area is 114 Å². The van der Waals surface area contributed by atoms with Crippen LogP contribution >= 0.6 is 0 Å². The van der Waals surface area contributed by atoms with Gasteiger partial charge in [0.1, 0.15) is 5.75 Å². The summed E-state index contributed by atoms with van der Waals surface area (Å²) in [5.74, 6) is 0.343. The Balaban J connectivity index is 2.08. The molecule has 0 aliphatic heterocycles. The molecule has 3 nitrogen and oxygen atoms in total. The van der Waals surface area contributed by atoms with Crippen LogP contribution in [0.4, 0.5) is 0 Å². The van der Waals surface area contributed by atoms with Gasteiger partial charge in [-0.2, -0.15) is 8.42 Å². The Hall–Kier alpha value is -1.81. The Bertz CT molecular complexity index is 641. The third-order valence-corrected chi connectivity index (χ3v) is 3.20. The van der Waals surface area contributed by atoms with Gasteiger partial charge in [-0.15, -0.1) is 0 Å². The number of aryl methyl sites for hydroxylation is 1. The van der Waals surface area contributed by atoms with Crippen molar-refractivity contribution in [2.75, 3.05) is 6.26 Å². The molecule has 0 fully saturated rings. The molecule has 0 amide bonds. The van der Waals surface area contributed by atoms with Crippen LogP contribution in [-0.2, 0) is 16.5 Å². The minimum atomic E-state index is -3.45. The average Bonchev–Trinajstić information content (AvgIpc) is 2.33. The second-order valence-electron chi connectivity index (χ2n) is 4.59. The van der Waals surface area contributed by atoms with Crippen LogP contribution < -0.4 is 4.18 Å². The van der Waals surface area contributed by atoms with Crippen LogP contribution in [0, 0.1) is 6.92 Å². The lowest BCUT2D eigenvalue weighted by molar-refractivity contribution is 0.493. The molecule has 0 saturated heterocycles. The van der Waals surface area contributed by atoms with Crippen LogP contribution in [0.15, 0.2) is 48.5 Å². The van der Waals surface area contributed by atoms with Crippen LogP contribution in [-0.4, -0.2) is 14.7 Å². The van der Waals surface area contributed by atoms with Crippen LogP contribution in [0.3, 0.4) is 0 Å². The van der Waals surface area contributed by atoms with E-state index >= 15 is 0 Å². The molecule has 19 heavy (non-hydrogen) atoms. The van der Waals surface area contributed by atoms with E-state index in [0.29, 0.717) is 5.75 Å². The standard InChI is InChI=1S/C15H16O3S/c1-12-3-5-13(6-4-12)11-14-7-9-15(10-8-14)18-19(2,16)17/h3-10H,11H2,1-2H3. The van der Waals surface area contributed by atoms with Gasteiger partial charge in [0.05, 0.1) is 6.26 Å². The highest BCUT2D eigenvalue weighted by atomic mass is 32.2. The lowest BCUT2D eigenvalue weighted by Gasteiger charge is -2.05. The van der Waals surface area contributed by atoms with E-state index in [9.17, 15) is 8.42 Å². The molecule has 0 aliphatic rings. The second-order valence-corrected chi connectivity index (χ2v) is 6.17. The van der Waals surface area contributed by atoms with Crippen molar-refractivity contribution in [1.82, 2.24) is 0 Å². The minimum Gasteiger partial charge on any atom is -0.383 e. The van der Waals surface area contributed by atoms with Crippen molar-refractivity contribution < 1.29 is 12.6 Å². The van der Waals surface area contributed by atoms with Crippen molar-refractivity contribution >= 4 is 10.1 Å². The topological polar surface area (TPSA) is 43.4 Å². The zero-order valence-corrected chi connectivity index (χ0v) is 11.8. The zero-order chi connectivity index (χ0) is 13.9. The highest BCUT2D eigenvalue weighted by molar-refractivity contribution is 7.86. The van der Waals surface area contributed by atoms with E-state index in [4.69, 9.17) is 4.18 Å². The first kappa shape index (κ1) is 13.6. The molecule has 2 aromatic rings. The van der Waals surface area contributed by atoms with Gasteiger partial charge >= 0.3 is 10.1 Å². The van der Waals surface area contributed by atoms with Crippen LogP contribution in [0.2, 0.25) is 0 Å². The fourth-order valence-electron chi connectivity index (χ4n) is 1.78. The molecule has 0 atom stereocenters. The predicted octanol–water partition coefficient (Wildman–Crippen LogP) is 2.92. The van der Waals surface area contributed by atoms with E-state index < -0.39 is 10.1 Å². The summed E-state index contributed by atoms with van der Waals surface area (Å²) in [6.07, 6.45) is 1.85. The summed E-state index contributed by atoms with van der Waals surface area (Å²) in [4.78, 5) is 0. The molecule has 2 rings (SSSR count). The van der Waals surface area contributed by atoms with Crippen molar-refractivity contribution in [3.8, 4) is 5.75 Å². The van der Waals surface area contributed by atoms with Gasteiger partial charge in [0.15, 0.2) is 0 Å². The molecule has 0 aliphatic carbocycles. The molecular formula is C15H16O3S. The Morgan fingerprint density at radius 1 is 0.895 bits per heavy atom. The zero-order valence-electron chi connectivity index (χ0n) is 11.0. The summed E-state index contributed by atoms with van der Waals surface area (Å²) < 4.78 is 26.8. The lowest BCUT2D eigenvalue weighted by atomic mass is 10.0. The molecule has 0 aromatic heterocycles. The quantitative estimate of drug-likeness (QED) is 0.806. The monoisotopic (exact) mass is 276 g/mol. The fraction of sp³-hybridized carbons (Fsp3) is 0.200. The molecule has 0 heterocycles. The van der Waals surface area contributed by atoms with Gasteiger partial charge in [0.25, 0.3) is 0 Å². The van der Waals surface area contributed by atoms with E-state index in [1.807, 2.05) is 12.1 Å². The fourth-order valence-corrected chi connectivity index (χ4v) is 2.24. The van der Waals surface area contributed by atoms with E-state index in [1.165, 1.54) is 11.1 Å². The SMILES string of the molecule is Cc1ccc(Cc2ccc(OS(C)(=O)=O)cc2)cc1. The number of benzene rings is 2. The largest absolute Gasteiger partial charge is 0.383 e. The maximum absolute atomic E-state index is 11.0. The second kappa shape index (κ2) is 5.45. The summed E-state index contributed by atoms with van der Waals surface area (Å²) >= 11 is 0. The molecule has 0 unspecified atom stereocenters. The van der Waals surface area contributed by atoms with Crippen LogP contribution in [0.1, 0.15) is 16.7 Å². The average molecular weight is 276 g/mol. The molecule has 0 N–H and O–H groups in total. The smallest absolute Gasteiger partial charge is 0.306 e. The molecule has 4 heteroatoms. The maximum atomic E-state index is 11.0. The van der Waals surface area contributed by atoms with Crippen LogP contribution in [0.25, 0.3) is 0 Å². The van der Waals surface area contributed by atoms with Crippen LogP contribution in [0.5, 0.6) is 5.75 Å². The predicted molar refractivity (Wildman–Crippen MR) is 75.9 cm³/mol. The van der Waals surface area contributed by atoms with Gasteiger partial charge in [-0.1, -0.05) is 42.0 Å². The van der Waals surface area contributed by atoms with Crippen molar-refractivity contribution in [3.63, 3.8) is 0 Å². The maximum Gasteiger partial charge on any atom is 0.306 e. The first-order chi connectivity index (χ1) is 8.92. The van der Waals surface area contributed by atoms with Gasteiger partial charge in [-0.3, -0.25) is 0 Å². The van der Waals surface area contributed by atoms with Crippen molar-refractivity contribution in [2.45, 2.75) is 13.3 Å². The van der Waals surface area contributed by atoms with E-state index in [2.05, 4.69) is 31.2 Å². The summed E-state index contributed by atoms with van der Waals surface area (Å²) in [5, 5.41) is 0. The van der Waals surface area contributed by atoms with Gasteiger partial charge in [0.2, 0.25) is 0 Å². The Morgan fingerprint density at radius 2 is 1.37 bits per heavy atom. The van der Waals surface area contributed by atoms with Crippen molar-refractivity contribution in [1.29, 1.82) is 0 Å². The molecule has 0 radical (unpaired) electrons. The first-order valence-electron chi connectivity index (χ1n) is 5.96. The Morgan fingerprint density at radius 3 is 1.84 bits per heavy atom. The van der Waals surface area contributed by atoms with Gasteiger partial charge in [0, 0.05) is 0 Å². The highest BCUT2D eigenvalue weighted by Crippen LogP contribution is 2.16. The highest BCUT2D eigenvalue weighted by Gasteiger charge is 2.04. The van der Waals surface area contributed by atoms with E-state index in [0.717, 1.165) is 18.2 Å². The van der Waals surface area contributed by atoms with E-state index in [-0.39, 0.29) is 0 Å². The summed E-state index contributed by atoms with van der Waals surface area (Å²) in [5.41, 5.74) is 3.58. The van der Waals surface area contributed by atoms with Gasteiger partial charge < -0.3 is 4.18 Å². The molecule has 0 spiro atoms. The summed E-state index contributed by atoms with van der Waals surface area (Å²) in [6.45, 7) is 2.06. The van der Waals surface area contributed by atoms with Gasteiger partial charge in [-0.05, 0) is 36.6 Å². The molecule has 2 aromatic carbocycles. The molecule has 0 bridgehead atoms. The minimum absolute atomic E-state index is 0.343. The Kier molecular flexibility index (Phi) is 3.90. The van der Waals surface area contributed by atoms with Gasteiger partial charge in [-0.25, -0.2) is 0 Å². The molecule has 100 valence electrons. The number of hydrogen-bond acceptors (Lipinski definition) is 3. The van der Waals surface area contributed by atoms with Crippen molar-refractivity contribution in [3.05, 3.63) is 65.2 Å². The van der Waals surface area contributed by atoms with E-state index in [1.54, 1.807) is 12.1 Å².